The van der Waals surface area contributed by atoms with Crippen LogP contribution in [0, 0.1) is 29.6 Å². The van der Waals surface area contributed by atoms with Crippen molar-refractivity contribution in [1.29, 1.82) is 0 Å². The van der Waals surface area contributed by atoms with E-state index in [1.165, 1.54) is 19.1 Å². The minimum Gasteiger partial charge on any atom is -0.456 e. The number of hydrogen-bond donors (Lipinski definition) is 3. The number of esters is 1. The fourth-order valence-corrected chi connectivity index (χ4v) is 14.8. The number of fused-ring (bicyclic) bond motifs is 3. The summed E-state index contributed by atoms with van der Waals surface area (Å²) in [4.78, 5) is 85.5. The molecule has 4 aliphatic rings. The second-order valence-corrected chi connectivity index (χ2v) is 37.5. The Hall–Kier alpha value is -3.28. The maximum Gasteiger partial charge on any atom is 0.407 e. The van der Waals surface area contributed by atoms with E-state index in [9.17, 15) is 24.3 Å². The molecule has 1 saturated carbocycles. The minimum atomic E-state index is -2.70. The van der Waals surface area contributed by atoms with Crippen molar-refractivity contribution in [3.63, 3.8) is 0 Å². The van der Waals surface area contributed by atoms with Crippen LogP contribution in [0.1, 0.15) is 172 Å². The van der Waals surface area contributed by atoms with Crippen LogP contribution in [0.5, 0.6) is 0 Å². The number of rotatable bonds is 19. The molecule has 2 bridgehead atoms. The predicted octanol–water partition coefficient (Wildman–Crippen LogP) is 10.7. The number of ketones is 2. The van der Waals surface area contributed by atoms with Gasteiger partial charge in [-0.25, -0.2) is 9.59 Å². The molecule has 4 rings (SSSR count). The van der Waals surface area contributed by atoms with Crippen molar-refractivity contribution >= 4 is 59.8 Å². The largest absolute Gasteiger partial charge is 0.456 e. The van der Waals surface area contributed by atoms with E-state index in [-0.39, 0.29) is 78.7 Å². The zero-order chi connectivity index (χ0) is 63.1. The van der Waals surface area contributed by atoms with Crippen LogP contribution >= 0.6 is 0 Å². The van der Waals surface area contributed by atoms with Gasteiger partial charge in [-0.1, -0.05) is 92.9 Å². The number of hydrogen-bond acceptors (Lipinski definition) is 15. The maximum atomic E-state index is 15.4. The van der Waals surface area contributed by atoms with Gasteiger partial charge in [-0.15, -0.1) is 0 Å². The third kappa shape index (κ3) is 20.4. The summed E-state index contributed by atoms with van der Waals surface area (Å²) in [5.74, 6) is -8.41. The molecule has 2 unspecified atom stereocenters. The zero-order valence-electron chi connectivity index (χ0n) is 54.8. The summed E-state index contributed by atoms with van der Waals surface area (Å²) in [6, 6.07) is -1.17. The number of nitrogens with zero attached hydrogens (tertiary/aromatic N) is 1. The van der Waals surface area contributed by atoms with Gasteiger partial charge < -0.3 is 57.9 Å². The van der Waals surface area contributed by atoms with Gasteiger partial charge in [0.15, 0.2) is 30.3 Å². The van der Waals surface area contributed by atoms with Gasteiger partial charge in [-0.05, 0) is 145 Å². The van der Waals surface area contributed by atoms with Gasteiger partial charge in [-0.3, -0.25) is 19.2 Å². The lowest BCUT2D eigenvalue weighted by molar-refractivity contribution is -0.302. The SMILES string of the molecule is [B]C(=O)NCCCCCCNC(=O)OCCC1C=C(C)C[C@H](C)C[C@H](OC)[C@H]2O[C@@](O)(C(=O)C(=O)N3CCCC[C@H]3C(=O)OC(C(C)=C[C@@H]3CC[C@@H](O[Si](C)(C)C(C)(C)C)[C@H](OC)C3)[C@H](C)[C@@H](O[Si](C)(C)C(C)(C)C)CC1=O)[C@H](C)C[C@@H]2OC. The third-order valence-corrected chi connectivity index (χ3v) is 28.2. The summed E-state index contributed by atoms with van der Waals surface area (Å²) in [6.07, 6.45) is 7.26. The number of allylic oxidation sites excluding steroid dienone is 3. The van der Waals surface area contributed by atoms with E-state index < -0.39 is 106 Å². The van der Waals surface area contributed by atoms with E-state index in [1.54, 1.807) is 14.0 Å². The number of nitrogens with one attached hydrogen (secondary N) is 2. The highest BCUT2D eigenvalue weighted by molar-refractivity contribution is 6.74. The highest BCUT2D eigenvalue weighted by atomic mass is 28.4. The number of carbonyl (C=O) groups is 6. The van der Waals surface area contributed by atoms with Crippen molar-refractivity contribution in [3.8, 4) is 0 Å². The number of piperidine rings is 1. The van der Waals surface area contributed by atoms with Crippen LogP contribution in [0.4, 0.5) is 9.59 Å². The molecular weight excluding hydrogens is 1110 g/mol. The number of carbonyl (C=O) groups excluding carboxylic acids is 6. The Balaban J connectivity index is 1.84. The Morgan fingerprint density at radius 1 is 0.786 bits per heavy atom. The van der Waals surface area contributed by atoms with Gasteiger partial charge in [0, 0.05) is 65.1 Å². The quantitative estimate of drug-likeness (QED) is 0.0360. The van der Waals surface area contributed by atoms with Crippen molar-refractivity contribution in [3.05, 3.63) is 23.3 Å². The molecule has 84 heavy (non-hydrogen) atoms. The summed E-state index contributed by atoms with van der Waals surface area (Å²) in [6.45, 7) is 32.4. The Labute approximate surface area is 508 Å². The standard InChI is InChI=1S/C63H110BN3O15Si2/c1-40-33-41(2)35-52(76-13)55-53(77-14)37-43(4)63(74,80-55)56(69)57(70)67-31-24-21-25-47(67)58(71)79-54(42(3)36-45-26-27-49(51(38-45)75-12)81-83(15,16)61(6,7)8)44(5)50(82-84(17,18)62(9,10)11)39-48(68)46(34-40)28-32-78-60(73)66-30-23-20-19-22-29-65-59(64)72/h34,36,41,43-47,49-55,74H,19-33,35,37-39H2,1-18H3,(H,65,72)(H,66,73)/t41-,43+,44+,45-,46?,47-,49+,50-,51+,52-,53-,54?,55+,63+/m0/s1. The molecule has 18 nitrogen and oxygen atoms in total. The number of Topliss-reactive ketones (excluding diaryl/α,β-unsaturated/α-hetero) is 2. The second-order valence-electron chi connectivity index (χ2n) is 28.0. The summed E-state index contributed by atoms with van der Waals surface area (Å²) in [5.41, 5.74) is 1.66. The van der Waals surface area contributed by atoms with Crippen LogP contribution < -0.4 is 10.6 Å². The van der Waals surface area contributed by atoms with E-state index >= 15 is 9.59 Å². The lowest BCUT2D eigenvalue weighted by Gasteiger charge is -2.47. The Morgan fingerprint density at radius 2 is 1.37 bits per heavy atom. The fourth-order valence-electron chi connectivity index (χ4n) is 12.0. The lowest BCUT2D eigenvalue weighted by Crippen LogP contribution is -2.64. The topological polar surface area (TPSA) is 224 Å². The molecule has 2 saturated heterocycles. The van der Waals surface area contributed by atoms with Gasteiger partial charge in [0.25, 0.3) is 11.7 Å². The molecule has 0 aromatic heterocycles. The smallest absolute Gasteiger partial charge is 0.407 e. The average molecular weight is 1220 g/mol. The average Bonchev–Trinajstić information content (AvgIpc) is 2.39. The first-order chi connectivity index (χ1) is 39.1. The molecule has 21 heteroatoms. The first-order valence-electron chi connectivity index (χ1n) is 31.3. The van der Waals surface area contributed by atoms with Gasteiger partial charge in [-0.2, -0.15) is 0 Å². The molecule has 1 aliphatic carbocycles. The van der Waals surface area contributed by atoms with E-state index in [2.05, 4.69) is 84.4 Å². The molecule has 3 aliphatic heterocycles. The number of ether oxygens (including phenoxy) is 6. The molecular formula is C63H110BN3O15Si2. The van der Waals surface area contributed by atoms with Crippen LogP contribution in [-0.4, -0.2) is 172 Å². The van der Waals surface area contributed by atoms with Gasteiger partial charge in [0.05, 0.1) is 37.1 Å². The number of unbranched alkanes of at least 4 members (excludes halogenated alkanes) is 3. The first-order valence-corrected chi connectivity index (χ1v) is 37.1. The normalized spacial score (nSPS) is 31.7. The van der Waals surface area contributed by atoms with Crippen LogP contribution in [-0.2, 0) is 56.5 Å². The number of methoxy groups -OCH3 is 3. The van der Waals surface area contributed by atoms with Gasteiger partial charge in [0.1, 0.15) is 24.0 Å². The van der Waals surface area contributed by atoms with E-state index in [4.69, 9.17) is 45.1 Å². The Kier molecular flexibility index (Phi) is 28.1. The van der Waals surface area contributed by atoms with E-state index in [1.807, 2.05) is 33.8 Å². The van der Waals surface area contributed by atoms with Crippen molar-refractivity contribution in [1.82, 2.24) is 15.5 Å². The highest BCUT2D eigenvalue weighted by Crippen LogP contribution is 2.44. The van der Waals surface area contributed by atoms with Crippen molar-refractivity contribution in [2.45, 2.75) is 263 Å². The summed E-state index contributed by atoms with van der Waals surface area (Å²) >= 11 is 0. The molecule has 14 atom stereocenters. The van der Waals surface area contributed by atoms with Gasteiger partial charge >= 0.3 is 12.1 Å². The van der Waals surface area contributed by atoms with Crippen molar-refractivity contribution in [2.24, 2.45) is 29.6 Å². The Morgan fingerprint density at radius 3 is 1.95 bits per heavy atom. The van der Waals surface area contributed by atoms with Crippen LogP contribution in [0.25, 0.3) is 0 Å². The number of cyclic esters (lactones) is 1. The Bertz CT molecular complexity index is 2250. The molecule has 3 fully saturated rings. The summed E-state index contributed by atoms with van der Waals surface area (Å²) in [7, 11) is 5.12. The monoisotopic (exact) mass is 1220 g/mol. The molecule has 0 aromatic carbocycles. The van der Waals surface area contributed by atoms with E-state index in [0.717, 1.165) is 43.3 Å². The van der Waals surface area contributed by atoms with Crippen molar-refractivity contribution < 1.29 is 71.1 Å². The third-order valence-electron chi connectivity index (χ3n) is 19.2. The molecule has 0 spiro atoms. The number of aliphatic hydroxyl groups is 1. The lowest BCUT2D eigenvalue weighted by atomic mass is 9.81. The molecule has 0 aromatic rings. The van der Waals surface area contributed by atoms with Crippen LogP contribution in [0.3, 0.4) is 0 Å². The minimum absolute atomic E-state index is 0.00918. The van der Waals surface area contributed by atoms with Crippen LogP contribution in [0.2, 0.25) is 36.3 Å². The first kappa shape index (κ1) is 73.2. The fraction of sp³-hybridized carbons (Fsp3) is 0.841. The summed E-state index contributed by atoms with van der Waals surface area (Å²) < 4.78 is 51.4. The van der Waals surface area contributed by atoms with Crippen molar-refractivity contribution in [2.75, 3.05) is 47.6 Å². The summed E-state index contributed by atoms with van der Waals surface area (Å²) in [5, 5.41) is 17.5. The predicted molar refractivity (Wildman–Crippen MR) is 331 cm³/mol. The molecule has 3 heterocycles. The number of alkyl carbamates (subject to hydrolysis) is 1. The number of amides is 3. The highest BCUT2D eigenvalue weighted by Gasteiger charge is 2.57. The van der Waals surface area contributed by atoms with Crippen LogP contribution in [0.15, 0.2) is 23.3 Å². The maximum absolute atomic E-state index is 15.4. The second kappa shape index (κ2) is 32.3. The molecule has 3 amide bonds. The molecule has 478 valence electrons. The zero-order valence-corrected chi connectivity index (χ0v) is 56.8. The van der Waals surface area contributed by atoms with Gasteiger partial charge in [0.2, 0.25) is 5.79 Å². The molecule has 2 radical (unpaired) electrons. The molecule has 3 N–H and O–H groups in total. The van der Waals surface area contributed by atoms with E-state index in [0.29, 0.717) is 51.6 Å².